The highest BCUT2D eigenvalue weighted by Crippen LogP contribution is 2.35. The van der Waals surface area contributed by atoms with Crippen LogP contribution in [0.2, 0.25) is 0 Å². The van der Waals surface area contributed by atoms with E-state index in [-0.39, 0.29) is 24.8 Å². The molecule has 0 N–H and O–H groups in total. The van der Waals surface area contributed by atoms with Crippen molar-refractivity contribution in [3.63, 3.8) is 0 Å². The van der Waals surface area contributed by atoms with Gasteiger partial charge in [-0.1, -0.05) is 17.7 Å². The van der Waals surface area contributed by atoms with Gasteiger partial charge in [-0.05, 0) is 19.1 Å². The number of hydrogen-bond donors (Lipinski definition) is 0. The van der Waals surface area contributed by atoms with Crippen molar-refractivity contribution < 1.29 is 9.66 Å². The molecule has 120 valence electrons. The van der Waals surface area contributed by atoms with Crippen molar-refractivity contribution in [3.05, 3.63) is 46.3 Å². The zero-order valence-electron chi connectivity index (χ0n) is 12.7. The number of aryl methyl sites for hydroxylation is 1. The molecule has 24 heavy (non-hydrogen) atoms. The van der Waals surface area contributed by atoms with Gasteiger partial charge >= 0.3 is 11.6 Å². The van der Waals surface area contributed by atoms with Gasteiger partial charge in [-0.3, -0.25) is 10.1 Å². The molecule has 1 aromatic carbocycles. The standard InChI is InChI=1S/C15H12N6O3/c1-11-2-4-12(5-3-11)24-15-13(21(22)23)14(18-10-19-15)20(8-6-16)9-7-17/h2-5,10H,8-9H2,1H3. The van der Waals surface area contributed by atoms with Crippen LogP contribution in [0.5, 0.6) is 11.6 Å². The Morgan fingerprint density at radius 3 is 2.38 bits per heavy atom. The van der Waals surface area contributed by atoms with E-state index >= 15 is 0 Å². The third-order valence-electron chi connectivity index (χ3n) is 3.01. The van der Waals surface area contributed by atoms with Crippen LogP contribution in [-0.4, -0.2) is 28.0 Å². The van der Waals surface area contributed by atoms with Crippen molar-refractivity contribution in [2.45, 2.75) is 6.92 Å². The first-order valence-corrected chi connectivity index (χ1v) is 6.79. The van der Waals surface area contributed by atoms with Crippen LogP contribution in [0.1, 0.15) is 5.56 Å². The van der Waals surface area contributed by atoms with Crippen LogP contribution >= 0.6 is 0 Å². The van der Waals surface area contributed by atoms with E-state index < -0.39 is 10.6 Å². The predicted molar refractivity (Wildman–Crippen MR) is 83.4 cm³/mol. The highest BCUT2D eigenvalue weighted by molar-refractivity contribution is 5.64. The summed E-state index contributed by atoms with van der Waals surface area (Å²) in [5.41, 5.74) is 0.512. The van der Waals surface area contributed by atoms with E-state index in [1.54, 1.807) is 24.3 Å². The fourth-order valence-electron chi connectivity index (χ4n) is 1.91. The number of nitriles is 2. The van der Waals surface area contributed by atoms with E-state index in [2.05, 4.69) is 9.97 Å². The monoisotopic (exact) mass is 324 g/mol. The van der Waals surface area contributed by atoms with Crippen LogP contribution in [0.4, 0.5) is 11.5 Å². The van der Waals surface area contributed by atoms with Crippen molar-refractivity contribution >= 4 is 11.5 Å². The molecule has 0 radical (unpaired) electrons. The fraction of sp³-hybridized carbons (Fsp3) is 0.200. The molecule has 1 aromatic heterocycles. The number of nitro groups is 1. The molecule has 0 saturated heterocycles. The Morgan fingerprint density at radius 2 is 1.83 bits per heavy atom. The molecular formula is C15H12N6O3. The van der Waals surface area contributed by atoms with Gasteiger partial charge in [-0.15, -0.1) is 0 Å². The van der Waals surface area contributed by atoms with E-state index in [1.165, 1.54) is 4.90 Å². The van der Waals surface area contributed by atoms with E-state index in [0.29, 0.717) is 5.75 Å². The average molecular weight is 324 g/mol. The Hall–Kier alpha value is -3.72. The molecular weight excluding hydrogens is 312 g/mol. The summed E-state index contributed by atoms with van der Waals surface area (Å²) in [6, 6.07) is 10.6. The van der Waals surface area contributed by atoms with Crippen molar-refractivity contribution in [2.24, 2.45) is 0 Å². The highest BCUT2D eigenvalue weighted by atomic mass is 16.6. The van der Waals surface area contributed by atoms with E-state index in [0.717, 1.165) is 11.9 Å². The number of anilines is 1. The zero-order valence-corrected chi connectivity index (χ0v) is 12.7. The summed E-state index contributed by atoms with van der Waals surface area (Å²) in [7, 11) is 0. The normalized spacial score (nSPS) is 9.62. The van der Waals surface area contributed by atoms with Gasteiger partial charge in [0, 0.05) is 0 Å². The summed E-state index contributed by atoms with van der Waals surface area (Å²) in [6.07, 6.45) is 1.09. The van der Waals surface area contributed by atoms with Crippen LogP contribution in [0, 0.1) is 39.7 Å². The van der Waals surface area contributed by atoms with Crippen molar-refractivity contribution in [1.29, 1.82) is 10.5 Å². The predicted octanol–water partition coefficient (Wildman–Crippen LogP) is 2.34. The molecule has 2 aromatic rings. The SMILES string of the molecule is Cc1ccc(Oc2ncnc(N(CC#N)CC#N)c2[N+](=O)[O-])cc1. The quantitative estimate of drug-likeness (QED) is 0.449. The van der Waals surface area contributed by atoms with Gasteiger partial charge in [-0.25, -0.2) is 4.98 Å². The van der Waals surface area contributed by atoms with Gasteiger partial charge in [0.25, 0.3) is 0 Å². The third-order valence-corrected chi connectivity index (χ3v) is 3.01. The minimum Gasteiger partial charge on any atom is -0.434 e. The maximum absolute atomic E-state index is 11.5. The molecule has 0 amide bonds. The van der Waals surface area contributed by atoms with E-state index in [1.807, 2.05) is 19.1 Å². The van der Waals surface area contributed by atoms with Crippen LogP contribution in [0.3, 0.4) is 0 Å². The molecule has 0 fully saturated rings. The molecule has 0 aliphatic heterocycles. The number of rotatable bonds is 6. The van der Waals surface area contributed by atoms with Crippen LogP contribution in [-0.2, 0) is 0 Å². The number of hydrogen-bond acceptors (Lipinski definition) is 8. The van der Waals surface area contributed by atoms with Gasteiger partial charge in [0.1, 0.15) is 25.2 Å². The van der Waals surface area contributed by atoms with Gasteiger partial charge < -0.3 is 9.64 Å². The summed E-state index contributed by atoms with van der Waals surface area (Å²) < 4.78 is 5.49. The van der Waals surface area contributed by atoms with Gasteiger partial charge in [-0.2, -0.15) is 15.5 Å². The lowest BCUT2D eigenvalue weighted by atomic mass is 10.2. The molecule has 0 aliphatic rings. The van der Waals surface area contributed by atoms with Crippen molar-refractivity contribution in [3.8, 4) is 23.8 Å². The van der Waals surface area contributed by atoms with Gasteiger partial charge in [0.2, 0.25) is 5.82 Å². The second-order valence-electron chi connectivity index (χ2n) is 4.70. The maximum atomic E-state index is 11.5. The van der Waals surface area contributed by atoms with Crippen LogP contribution in [0.25, 0.3) is 0 Å². The molecule has 0 bridgehead atoms. The molecule has 0 saturated carbocycles. The second kappa shape index (κ2) is 7.51. The first-order chi connectivity index (χ1) is 11.6. The molecule has 9 nitrogen and oxygen atoms in total. The van der Waals surface area contributed by atoms with Crippen LogP contribution in [0.15, 0.2) is 30.6 Å². The Labute approximate surface area is 137 Å². The first-order valence-electron chi connectivity index (χ1n) is 6.79. The zero-order chi connectivity index (χ0) is 17.5. The third kappa shape index (κ3) is 3.72. The summed E-state index contributed by atoms with van der Waals surface area (Å²) >= 11 is 0. The van der Waals surface area contributed by atoms with E-state index in [9.17, 15) is 10.1 Å². The summed E-state index contributed by atoms with van der Waals surface area (Å²) in [6.45, 7) is 1.45. The summed E-state index contributed by atoms with van der Waals surface area (Å²) in [4.78, 5) is 19.6. The number of aromatic nitrogens is 2. The minimum absolute atomic E-state index is 0.139. The molecule has 0 unspecified atom stereocenters. The van der Waals surface area contributed by atoms with Crippen LogP contribution < -0.4 is 9.64 Å². The average Bonchev–Trinajstić information content (AvgIpc) is 2.56. The summed E-state index contributed by atoms with van der Waals surface area (Å²) in [5.74, 6) is -0.0181. The van der Waals surface area contributed by atoms with Crippen molar-refractivity contribution in [1.82, 2.24) is 9.97 Å². The lowest BCUT2D eigenvalue weighted by Crippen LogP contribution is -2.26. The number of benzene rings is 1. The molecule has 0 atom stereocenters. The van der Waals surface area contributed by atoms with Gasteiger partial charge in [0.05, 0.1) is 17.1 Å². The number of ether oxygens (including phenoxy) is 1. The first kappa shape index (κ1) is 16.6. The maximum Gasteiger partial charge on any atom is 0.373 e. The molecule has 0 aliphatic carbocycles. The Bertz CT molecular complexity index is 807. The lowest BCUT2D eigenvalue weighted by Gasteiger charge is -2.17. The number of nitrogens with zero attached hydrogens (tertiary/aromatic N) is 6. The minimum atomic E-state index is -0.694. The van der Waals surface area contributed by atoms with E-state index in [4.69, 9.17) is 15.3 Å². The van der Waals surface area contributed by atoms with Crippen molar-refractivity contribution in [2.75, 3.05) is 18.0 Å². The lowest BCUT2D eigenvalue weighted by molar-refractivity contribution is -0.385. The molecule has 0 spiro atoms. The van der Waals surface area contributed by atoms with Gasteiger partial charge in [0.15, 0.2) is 0 Å². The fourth-order valence-corrected chi connectivity index (χ4v) is 1.91. The molecule has 2 rings (SSSR count). The largest absolute Gasteiger partial charge is 0.434 e. The summed E-state index contributed by atoms with van der Waals surface area (Å²) in [5, 5.41) is 29.1. The highest BCUT2D eigenvalue weighted by Gasteiger charge is 2.28. The molecule has 1 heterocycles. The Balaban J connectivity index is 2.47. The topological polar surface area (TPSA) is 129 Å². The molecule has 9 heteroatoms. The Kier molecular flexibility index (Phi) is 5.21. The smallest absolute Gasteiger partial charge is 0.373 e. The second-order valence-corrected chi connectivity index (χ2v) is 4.70. The Morgan fingerprint density at radius 1 is 1.21 bits per heavy atom.